The van der Waals surface area contributed by atoms with Crippen molar-refractivity contribution in [2.45, 2.75) is 5.92 Å². The number of hydrogen-bond donors (Lipinski definition) is 4. The van der Waals surface area contributed by atoms with E-state index < -0.39 is 0 Å². The van der Waals surface area contributed by atoms with Gasteiger partial charge in [-0.25, -0.2) is 0 Å². The van der Waals surface area contributed by atoms with Gasteiger partial charge in [-0.15, -0.1) is 5.59 Å². The minimum atomic E-state index is 0.374. The third kappa shape index (κ3) is 1.31. The molecule has 4 N–H and O–H groups in total. The van der Waals surface area contributed by atoms with Gasteiger partial charge in [-0.05, 0) is 0 Å². The smallest absolute Gasteiger partial charge is 0.0759 e. The van der Waals surface area contributed by atoms with Crippen LogP contribution in [0, 0.1) is 5.92 Å². The fourth-order valence-electron chi connectivity index (χ4n) is 2.37. The van der Waals surface area contributed by atoms with Crippen molar-refractivity contribution >= 4 is 11.8 Å². The minimum Gasteiger partial charge on any atom is -0.362 e. The molecule has 2 aliphatic rings. The first-order valence-electron chi connectivity index (χ1n) is 5.29. The van der Waals surface area contributed by atoms with E-state index in [1.54, 1.807) is 0 Å². The van der Waals surface area contributed by atoms with Crippen molar-refractivity contribution in [2.24, 2.45) is 5.92 Å². The maximum Gasteiger partial charge on any atom is 0.0759 e. The van der Waals surface area contributed by atoms with E-state index in [2.05, 4.69) is 46.9 Å². The molecular weight excluding hydrogens is 202 g/mol. The molecule has 1 aromatic rings. The standard InChI is InChI=1S/C12H13N3O/c16-15-14-11-7-13-12-9-4-2-1-3-8(9)5-6-10(11)12/h1-9,13-16H. The van der Waals surface area contributed by atoms with Gasteiger partial charge in [0.25, 0.3) is 0 Å². The average molecular weight is 215 g/mol. The number of anilines is 1. The maximum atomic E-state index is 8.65. The highest BCUT2D eigenvalue weighted by atomic mass is 16.5. The first-order chi connectivity index (χ1) is 7.90. The second kappa shape index (κ2) is 3.66. The van der Waals surface area contributed by atoms with E-state index in [-0.39, 0.29) is 0 Å². The van der Waals surface area contributed by atoms with Crippen LogP contribution in [0.25, 0.3) is 6.08 Å². The molecular formula is C12H13N3O. The predicted molar refractivity (Wildman–Crippen MR) is 62.9 cm³/mol. The Morgan fingerprint density at radius 1 is 1.19 bits per heavy atom. The van der Waals surface area contributed by atoms with Crippen molar-refractivity contribution < 1.29 is 5.21 Å². The van der Waals surface area contributed by atoms with E-state index in [1.807, 2.05) is 11.8 Å². The Morgan fingerprint density at radius 3 is 2.94 bits per heavy atom. The molecule has 0 saturated carbocycles. The fourth-order valence-corrected chi connectivity index (χ4v) is 2.37. The Hall–Kier alpha value is -1.78. The molecule has 0 spiro atoms. The highest BCUT2D eigenvalue weighted by Gasteiger charge is 2.26. The van der Waals surface area contributed by atoms with Gasteiger partial charge in [0.1, 0.15) is 0 Å². The van der Waals surface area contributed by atoms with Crippen molar-refractivity contribution in [3.8, 4) is 0 Å². The molecule has 0 saturated heterocycles. The van der Waals surface area contributed by atoms with E-state index >= 15 is 0 Å². The van der Waals surface area contributed by atoms with Gasteiger partial charge in [0.2, 0.25) is 0 Å². The number of fused-ring (bicyclic) bond motifs is 3. The van der Waals surface area contributed by atoms with Crippen molar-refractivity contribution in [3.63, 3.8) is 0 Å². The average Bonchev–Trinajstić information content (AvgIpc) is 2.73. The maximum absolute atomic E-state index is 8.65. The first kappa shape index (κ1) is 9.45. The molecule has 0 aromatic carbocycles. The van der Waals surface area contributed by atoms with Crippen LogP contribution in [0.15, 0.2) is 36.6 Å². The van der Waals surface area contributed by atoms with Crippen molar-refractivity contribution in [1.82, 2.24) is 10.6 Å². The molecule has 4 heteroatoms. The number of nitrogens with one attached hydrogen (secondary N) is 3. The summed E-state index contributed by atoms with van der Waals surface area (Å²) < 4.78 is 0. The SMILES string of the molecule is ONNc1c[nH]c2c1C=CC1C=CC=CC21. The van der Waals surface area contributed by atoms with Crippen LogP contribution in [-0.4, -0.2) is 10.2 Å². The van der Waals surface area contributed by atoms with Crippen LogP contribution in [0.3, 0.4) is 0 Å². The molecule has 0 bridgehead atoms. The molecule has 1 aromatic heterocycles. The van der Waals surface area contributed by atoms with E-state index in [4.69, 9.17) is 5.21 Å². The van der Waals surface area contributed by atoms with Crippen LogP contribution < -0.4 is 11.0 Å². The number of hydrogen-bond acceptors (Lipinski definition) is 3. The Morgan fingerprint density at radius 2 is 2.06 bits per heavy atom. The van der Waals surface area contributed by atoms with E-state index in [0.29, 0.717) is 11.8 Å². The number of aromatic amines is 1. The second-order valence-electron chi connectivity index (χ2n) is 4.00. The zero-order valence-electron chi connectivity index (χ0n) is 8.64. The lowest BCUT2D eigenvalue weighted by atomic mass is 9.80. The topological polar surface area (TPSA) is 60.1 Å². The summed E-state index contributed by atoms with van der Waals surface area (Å²) in [6.07, 6.45) is 14.7. The summed E-state index contributed by atoms with van der Waals surface area (Å²) in [5.41, 5.74) is 7.79. The van der Waals surface area contributed by atoms with E-state index in [1.165, 1.54) is 5.69 Å². The van der Waals surface area contributed by atoms with Gasteiger partial charge in [0, 0.05) is 29.3 Å². The van der Waals surface area contributed by atoms with Gasteiger partial charge in [-0.2, -0.15) is 0 Å². The van der Waals surface area contributed by atoms with Crippen molar-refractivity contribution in [2.75, 3.05) is 5.43 Å². The van der Waals surface area contributed by atoms with Crippen LogP contribution in [0.4, 0.5) is 5.69 Å². The van der Waals surface area contributed by atoms with Crippen LogP contribution in [0.2, 0.25) is 0 Å². The van der Waals surface area contributed by atoms with Gasteiger partial charge in [-0.1, -0.05) is 36.5 Å². The minimum absolute atomic E-state index is 0.374. The highest BCUT2D eigenvalue weighted by Crippen LogP contribution is 2.39. The second-order valence-corrected chi connectivity index (χ2v) is 4.00. The lowest BCUT2D eigenvalue weighted by molar-refractivity contribution is 0.192. The van der Waals surface area contributed by atoms with Crippen LogP contribution in [-0.2, 0) is 0 Å². The van der Waals surface area contributed by atoms with E-state index in [9.17, 15) is 0 Å². The number of allylic oxidation sites excluding steroid dienone is 5. The normalized spacial score (nSPS) is 25.3. The summed E-state index contributed by atoms with van der Waals surface area (Å²) in [6, 6.07) is 0. The molecule has 82 valence electrons. The van der Waals surface area contributed by atoms with Gasteiger partial charge in [0.15, 0.2) is 0 Å². The molecule has 3 rings (SSSR count). The fraction of sp³-hybridized carbons (Fsp3) is 0.167. The summed E-state index contributed by atoms with van der Waals surface area (Å²) >= 11 is 0. The predicted octanol–water partition coefficient (Wildman–Crippen LogP) is 2.17. The third-order valence-electron chi connectivity index (χ3n) is 3.14. The Kier molecular flexibility index (Phi) is 2.16. The molecule has 16 heavy (non-hydrogen) atoms. The summed E-state index contributed by atoms with van der Waals surface area (Å²) in [6.45, 7) is 0. The highest BCUT2D eigenvalue weighted by molar-refractivity contribution is 5.72. The molecule has 0 fully saturated rings. The number of aromatic nitrogens is 1. The van der Waals surface area contributed by atoms with Crippen molar-refractivity contribution in [1.29, 1.82) is 0 Å². The zero-order chi connectivity index (χ0) is 11.0. The summed E-state index contributed by atoms with van der Waals surface area (Å²) in [5.74, 6) is 0.810. The quantitative estimate of drug-likeness (QED) is 0.572. The third-order valence-corrected chi connectivity index (χ3v) is 3.14. The van der Waals surface area contributed by atoms with Crippen molar-refractivity contribution in [3.05, 3.63) is 47.8 Å². The van der Waals surface area contributed by atoms with Crippen LogP contribution in [0.1, 0.15) is 17.2 Å². The monoisotopic (exact) mass is 215 g/mol. The molecule has 2 aliphatic carbocycles. The molecule has 2 unspecified atom stereocenters. The lowest BCUT2D eigenvalue weighted by Gasteiger charge is -2.25. The number of hydrazine groups is 1. The number of rotatable bonds is 2. The van der Waals surface area contributed by atoms with E-state index in [0.717, 1.165) is 11.3 Å². The first-order valence-corrected chi connectivity index (χ1v) is 5.29. The molecule has 0 radical (unpaired) electrons. The molecule has 1 heterocycles. The molecule has 0 aliphatic heterocycles. The molecule has 4 nitrogen and oxygen atoms in total. The van der Waals surface area contributed by atoms with Gasteiger partial charge in [0.05, 0.1) is 5.69 Å². The zero-order valence-corrected chi connectivity index (χ0v) is 8.64. The number of H-pyrrole nitrogens is 1. The summed E-state index contributed by atoms with van der Waals surface area (Å²) in [7, 11) is 0. The molecule has 2 atom stereocenters. The molecule has 0 amide bonds. The Bertz CT molecular complexity index is 484. The Labute approximate surface area is 93.3 Å². The summed E-state index contributed by atoms with van der Waals surface area (Å²) in [4.78, 5) is 3.26. The van der Waals surface area contributed by atoms with Crippen LogP contribution in [0.5, 0.6) is 0 Å². The van der Waals surface area contributed by atoms with Gasteiger partial charge < -0.3 is 4.98 Å². The lowest BCUT2D eigenvalue weighted by Crippen LogP contribution is -2.17. The largest absolute Gasteiger partial charge is 0.362 e. The van der Waals surface area contributed by atoms with Gasteiger partial charge in [-0.3, -0.25) is 10.6 Å². The Balaban J connectivity index is 2.03. The summed E-state index contributed by atoms with van der Waals surface area (Å²) in [5, 5.41) is 8.65. The van der Waals surface area contributed by atoms with Gasteiger partial charge >= 0.3 is 0 Å². The van der Waals surface area contributed by atoms with Crippen LogP contribution >= 0.6 is 0 Å².